The van der Waals surface area contributed by atoms with Gasteiger partial charge in [0.25, 0.3) is 0 Å². The number of anilines is 1. The number of nitrogens with zero attached hydrogens (tertiary/aromatic N) is 2. The SMILES string of the molecule is COc1ccc(CCC(=O)Nc2ccc(-c3csnn3)cc2)cc1OC. The largest absolute Gasteiger partial charge is 0.493 e. The maximum Gasteiger partial charge on any atom is 0.224 e. The van der Waals surface area contributed by atoms with Crippen molar-refractivity contribution in [3.05, 3.63) is 53.4 Å². The lowest BCUT2D eigenvalue weighted by Crippen LogP contribution is -2.12. The number of carbonyl (C=O) groups excluding carboxylic acids is 1. The van der Waals surface area contributed by atoms with Crippen LogP contribution in [0.25, 0.3) is 11.3 Å². The highest BCUT2D eigenvalue weighted by Gasteiger charge is 2.08. The zero-order valence-corrected chi connectivity index (χ0v) is 15.4. The molecule has 7 heteroatoms. The fraction of sp³-hybridized carbons (Fsp3) is 0.211. The molecule has 134 valence electrons. The summed E-state index contributed by atoms with van der Waals surface area (Å²) in [4.78, 5) is 12.2. The van der Waals surface area contributed by atoms with Gasteiger partial charge in [0, 0.05) is 23.1 Å². The second-order valence-corrected chi connectivity index (χ2v) is 6.21. The fourth-order valence-corrected chi connectivity index (χ4v) is 3.00. The number of ether oxygens (including phenoxy) is 2. The third-order valence-electron chi connectivity index (χ3n) is 3.91. The zero-order valence-electron chi connectivity index (χ0n) is 14.6. The van der Waals surface area contributed by atoms with Gasteiger partial charge in [-0.05, 0) is 47.8 Å². The van der Waals surface area contributed by atoms with E-state index in [0.717, 1.165) is 22.5 Å². The van der Waals surface area contributed by atoms with Crippen molar-refractivity contribution in [2.75, 3.05) is 19.5 Å². The van der Waals surface area contributed by atoms with Gasteiger partial charge in [0.1, 0.15) is 5.69 Å². The lowest BCUT2D eigenvalue weighted by atomic mass is 10.1. The van der Waals surface area contributed by atoms with Gasteiger partial charge in [-0.2, -0.15) is 0 Å². The molecule has 26 heavy (non-hydrogen) atoms. The third kappa shape index (κ3) is 4.37. The Morgan fingerprint density at radius 2 is 1.85 bits per heavy atom. The highest BCUT2D eigenvalue weighted by atomic mass is 32.1. The third-order valence-corrected chi connectivity index (χ3v) is 4.42. The van der Waals surface area contributed by atoms with Crippen molar-refractivity contribution < 1.29 is 14.3 Å². The maximum atomic E-state index is 12.2. The van der Waals surface area contributed by atoms with Crippen molar-refractivity contribution in [2.24, 2.45) is 0 Å². The second-order valence-electron chi connectivity index (χ2n) is 5.61. The Morgan fingerprint density at radius 3 is 2.50 bits per heavy atom. The summed E-state index contributed by atoms with van der Waals surface area (Å²) in [5.41, 5.74) is 3.59. The number of hydrogen-bond acceptors (Lipinski definition) is 6. The molecule has 0 aliphatic carbocycles. The van der Waals surface area contributed by atoms with E-state index in [2.05, 4.69) is 14.9 Å². The molecule has 0 spiro atoms. The molecule has 0 saturated heterocycles. The number of benzene rings is 2. The number of carbonyl (C=O) groups is 1. The highest BCUT2D eigenvalue weighted by Crippen LogP contribution is 2.28. The van der Waals surface area contributed by atoms with E-state index in [4.69, 9.17) is 9.47 Å². The summed E-state index contributed by atoms with van der Waals surface area (Å²) < 4.78 is 14.4. The molecule has 1 aromatic heterocycles. The molecule has 1 N–H and O–H groups in total. The molecule has 3 aromatic rings. The first-order valence-electron chi connectivity index (χ1n) is 8.08. The molecule has 1 heterocycles. The maximum absolute atomic E-state index is 12.2. The van der Waals surface area contributed by atoms with Crippen molar-refractivity contribution in [3.8, 4) is 22.8 Å². The molecule has 0 saturated carbocycles. The minimum absolute atomic E-state index is 0.0390. The lowest BCUT2D eigenvalue weighted by molar-refractivity contribution is -0.116. The van der Waals surface area contributed by atoms with Crippen molar-refractivity contribution in [2.45, 2.75) is 12.8 Å². The first-order valence-corrected chi connectivity index (χ1v) is 8.91. The van der Waals surface area contributed by atoms with Crippen LogP contribution >= 0.6 is 11.5 Å². The molecule has 0 radical (unpaired) electrons. The Balaban J connectivity index is 1.56. The molecule has 0 aliphatic heterocycles. The van der Waals surface area contributed by atoms with Crippen molar-refractivity contribution in [1.29, 1.82) is 0 Å². The number of methoxy groups -OCH3 is 2. The smallest absolute Gasteiger partial charge is 0.224 e. The molecule has 6 nitrogen and oxygen atoms in total. The summed E-state index contributed by atoms with van der Waals surface area (Å²) in [6.07, 6.45) is 1.00. The standard InChI is InChI=1S/C19H19N3O3S/c1-24-17-9-3-13(11-18(17)25-2)4-10-19(23)20-15-7-5-14(6-8-15)16-12-26-22-21-16/h3,5-9,11-12H,4,10H2,1-2H3,(H,20,23). The van der Waals surface area contributed by atoms with E-state index in [1.807, 2.05) is 47.8 Å². The van der Waals surface area contributed by atoms with Crippen LogP contribution in [0, 0.1) is 0 Å². The molecule has 1 amide bonds. The molecule has 0 aliphatic rings. The summed E-state index contributed by atoms with van der Waals surface area (Å²) in [6.45, 7) is 0. The Kier molecular flexibility index (Phi) is 5.80. The number of aromatic nitrogens is 2. The van der Waals surface area contributed by atoms with Crippen molar-refractivity contribution in [1.82, 2.24) is 9.59 Å². The van der Waals surface area contributed by atoms with Gasteiger partial charge >= 0.3 is 0 Å². The lowest BCUT2D eigenvalue weighted by Gasteiger charge is -2.10. The number of nitrogens with one attached hydrogen (secondary N) is 1. The van der Waals surface area contributed by atoms with Crippen LogP contribution in [-0.4, -0.2) is 29.7 Å². The number of amides is 1. The fourth-order valence-electron chi connectivity index (χ4n) is 2.53. The monoisotopic (exact) mass is 369 g/mol. The first-order chi connectivity index (χ1) is 12.7. The van der Waals surface area contributed by atoms with E-state index < -0.39 is 0 Å². The zero-order chi connectivity index (χ0) is 18.4. The van der Waals surface area contributed by atoms with Crippen LogP contribution in [0.1, 0.15) is 12.0 Å². The molecule has 0 bridgehead atoms. The normalized spacial score (nSPS) is 10.4. The molecule has 3 rings (SSSR count). The number of rotatable bonds is 7. The summed E-state index contributed by atoms with van der Waals surface area (Å²) >= 11 is 1.31. The summed E-state index contributed by atoms with van der Waals surface area (Å²) in [7, 11) is 3.20. The van der Waals surface area contributed by atoms with Gasteiger partial charge in [0.15, 0.2) is 11.5 Å². The quantitative estimate of drug-likeness (QED) is 0.686. The van der Waals surface area contributed by atoms with Crippen LogP contribution in [0.2, 0.25) is 0 Å². The van der Waals surface area contributed by atoms with E-state index in [9.17, 15) is 4.79 Å². The van der Waals surface area contributed by atoms with E-state index in [1.54, 1.807) is 14.2 Å². The van der Waals surface area contributed by atoms with Crippen molar-refractivity contribution >= 4 is 23.1 Å². The number of aryl methyl sites for hydroxylation is 1. The van der Waals surface area contributed by atoms with Crippen LogP contribution in [0.3, 0.4) is 0 Å². The molecule has 0 atom stereocenters. The topological polar surface area (TPSA) is 73.3 Å². The Morgan fingerprint density at radius 1 is 1.08 bits per heavy atom. The van der Waals surface area contributed by atoms with E-state index in [0.29, 0.717) is 24.3 Å². The second kappa shape index (κ2) is 8.44. The molecular formula is C19H19N3O3S. The van der Waals surface area contributed by atoms with Gasteiger partial charge in [-0.25, -0.2) is 0 Å². The van der Waals surface area contributed by atoms with Crippen LogP contribution in [0.15, 0.2) is 47.8 Å². The van der Waals surface area contributed by atoms with E-state index in [1.165, 1.54) is 11.5 Å². The average molecular weight is 369 g/mol. The van der Waals surface area contributed by atoms with Gasteiger partial charge in [-0.1, -0.05) is 22.7 Å². The van der Waals surface area contributed by atoms with Gasteiger partial charge in [-0.3, -0.25) is 4.79 Å². The van der Waals surface area contributed by atoms with Crippen molar-refractivity contribution in [3.63, 3.8) is 0 Å². The van der Waals surface area contributed by atoms with Gasteiger partial charge in [-0.15, -0.1) is 5.10 Å². The Hall–Kier alpha value is -2.93. The predicted octanol–water partition coefficient (Wildman–Crippen LogP) is 3.79. The van der Waals surface area contributed by atoms with Gasteiger partial charge in [0.05, 0.1) is 14.2 Å². The van der Waals surface area contributed by atoms with E-state index in [-0.39, 0.29) is 5.91 Å². The summed E-state index contributed by atoms with van der Waals surface area (Å²) in [5.74, 6) is 1.30. The van der Waals surface area contributed by atoms with Crippen LogP contribution < -0.4 is 14.8 Å². The predicted molar refractivity (Wildman–Crippen MR) is 102 cm³/mol. The molecular weight excluding hydrogens is 350 g/mol. The van der Waals surface area contributed by atoms with E-state index >= 15 is 0 Å². The van der Waals surface area contributed by atoms with Crippen LogP contribution in [0.4, 0.5) is 5.69 Å². The summed E-state index contributed by atoms with van der Waals surface area (Å²) in [5, 5.41) is 8.82. The van der Waals surface area contributed by atoms with Crippen LogP contribution in [-0.2, 0) is 11.2 Å². The summed E-state index contributed by atoms with van der Waals surface area (Å²) in [6, 6.07) is 13.2. The van der Waals surface area contributed by atoms with Gasteiger partial charge in [0.2, 0.25) is 5.91 Å². The molecule has 2 aromatic carbocycles. The van der Waals surface area contributed by atoms with Crippen LogP contribution in [0.5, 0.6) is 11.5 Å². The molecule has 0 unspecified atom stereocenters. The Labute approximate surface area is 155 Å². The molecule has 0 fully saturated rings. The first kappa shape index (κ1) is 17.9. The van der Waals surface area contributed by atoms with Gasteiger partial charge < -0.3 is 14.8 Å². The highest BCUT2D eigenvalue weighted by molar-refractivity contribution is 7.03. The minimum atomic E-state index is -0.0390. The Bertz CT molecular complexity index is 864. The minimum Gasteiger partial charge on any atom is -0.493 e. The number of hydrogen-bond donors (Lipinski definition) is 1. The average Bonchev–Trinajstić information content (AvgIpc) is 3.21.